The van der Waals surface area contributed by atoms with Crippen molar-refractivity contribution in [3.8, 4) is 23.1 Å². The second-order valence-corrected chi connectivity index (χ2v) is 7.75. The first-order valence-corrected chi connectivity index (χ1v) is 9.57. The van der Waals surface area contributed by atoms with Gasteiger partial charge in [-0.3, -0.25) is 4.68 Å². The quantitative estimate of drug-likeness (QED) is 0.432. The molecule has 0 bridgehead atoms. The van der Waals surface area contributed by atoms with Gasteiger partial charge < -0.3 is 20.4 Å². The maximum Gasteiger partial charge on any atom is 0.323 e. The molecule has 12 heteroatoms. The van der Waals surface area contributed by atoms with Gasteiger partial charge in [-0.2, -0.15) is 5.10 Å². The molecule has 0 aliphatic heterocycles. The van der Waals surface area contributed by atoms with Crippen molar-refractivity contribution in [3.63, 3.8) is 0 Å². The van der Waals surface area contributed by atoms with Crippen molar-refractivity contribution in [1.29, 1.82) is 0 Å². The molecule has 0 radical (unpaired) electrons. The van der Waals surface area contributed by atoms with Gasteiger partial charge in [0.25, 0.3) is 0 Å². The summed E-state index contributed by atoms with van der Waals surface area (Å²) in [6.45, 7) is 5.96. The smallest absolute Gasteiger partial charge is 0.323 e. The molecular formula is C20H20FN9O2. The highest BCUT2D eigenvalue weighted by atomic mass is 19.1. The van der Waals surface area contributed by atoms with Crippen molar-refractivity contribution < 1.29 is 13.9 Å². The monoisotopic (exact) mass is 437 g/mol. The highest BCUT2D eigenvalue weighted by Crippen LogP contribution is 2.26. The number of hydrogen-bond acceptors (Lipinski definition) is 7. The summed E-state index contributed by atoms with van der Waals surface area (Å²) in [5.41, 5.74) is 0.724. The zero-order valence-corrected chi connectivity index (χ0v) is 17.5. The summed E-state index contributed by atoms with van der Waals surface area (Å²) in [7, 11) is 0. The molecule has 3 heterocycles. The molecule has 0 unspecified atom stereocenters. The minimum absolute atomic E-state index is 0.0110. The molecule has 0 atom stereocenters. The van der Waals surface area contributed by atoms with Gasteiger partial charge in [0.2, 0.25) is 5.88 Å². The number of aromatic nitrogens is 7. The Morgan fingerprint density at radius 1 is 1.19 bits per heavy atom. The Hall–Kier alpha value is -4.35. The minimum atomic E-state index is -0.674. The molecule has 11 nitrogen and oxygen atoms in total. The first-order chi connectivity index (χ1) is 15.3. The Kier molecular flexibility index (Phi) is 5.50. The molecule has 0 saturated heterocycles. The van der Waals surface area contributed by atoms with Gasteiger partial charge in [-0.15, -0.1) is 10.2 Å². The van der Waals surface area contributed by atoms with Gasteiger partial charge in [-0.05, 0) is 32.9 Å². The van der Waals surface area contributed by atoms with Gasteiger partial charge in [-0.25, -0.2) is 19.2 Å². The van der Waals surface area contributed by atoms with E-state index in [1.165, 1.54) is 37.1 Å². The summed E-state index contributed by atoms with van der Waals surface area (Å²) in [5, 5.41) is 16.9. The lowest BCUT2D eigenvalue weighted by atomic mass is 10.1. The Morgan fingerprint density at radius 2 is 2.03 bits per heavy atom. The molecule has 0 saturated carbocycles. The summed E-state index contributed by atoms with van der Waals surface area (Å²) in [5.74, 6) is 0.164. The van der Waals surface area contributed by atoms with Gasteiger partial charge in [0, 0.05) is 18.3 Å². The molecule has 0 fully saturated rings. The summed E-state index contributed by atoms with van der Waals surface area (Å²) in [4.78, 5) is 23.1. The van der Waals surface area contributed by atoms with Crippen molar-refractivity contribution in [2.24, 2.45) is 0 Å². The molecule has 2 amide bonds. The van der Waals surface area contributed by atoms with Crippen LogP contribution in [0.3, 0.4) is 0 Å². The highest BCUT2D eigenvalue weighted by molar-refractivity contribution is 5.99. The molecule has 0 aliphatic carbocycles. The van der Waals surface area contributed by atoms with E-state index in [0.29, 0.717) is 17.2 Å². The minimum Gasteiger partial charge on any atom is -0.439 e. The number of benzene rings is 1. The predicted octanol–water partition coefficient (Wildman–Crippen LogP) is 3.79. The fourth-order valence-electron chi connectivity index (χ4n) is 2.68. The molecule has 32 heavy (non-hydrogen) atoms. The van der Waals surface area contributed by atoms with Crippen LogP contribution in [0.2, 0.25) is 0 Å². The van der Waals surface area contributed by atoms with Crippen molar-refractivity contribution in [2.75, 3.05) is 10.6 Å². The Balaban J connectivity index is 1.41. The van der Waals surface area contributed by atoms with E-state index >= 15 is 0 Å². The summed E-state index contributed by atoms with van der Waals surface area (Å²) in [6.07, 6.45) is 5.94. The second kappa shape index (κ2) is 8.41. The van der Waals surface area contributed by atoms with Gasteiger partial charge in [0.05, 0.1) is 23.1 Å². The van der Waals surface area contributed by atoms with E-state index in [9.17, 15) is 9.18 Å². The number of H-pyrrole nitrogens is 1. The van der Waals surface area contributed by atoms with Crippen molar-refractivity contribution in [3.05, 3.63) is 55.1 Å². The first-order valence-electron chi connectivity index (χ1n) is 9.57. The number of anilines is 2. The van der Waals surface area contributed by atoms with Gasteiger partial charge in [0.15, 0.2) is 5.82 Å². The third kappa shape index (κ3) is 4.86. The zero-order valence-electron chi connectivity index (χ0n) is 17.5. The average molecular weight is 437 g/mol. The summed E-state index contributed by atoms with van der Waals surface area (Å²) < 4.78 is 21.8. The summed E-state index contributed by atoms with van der Waals surface area (Å²) >= 11 is 0. The number of hydrogen-bond donors (Lipinski definition) is 3. The van der Waals surface area contributed by atoms with Gasteiger partial charge in [0.1, 0.15) is 29.9 Å². The van der Waals surface area contributed by atoms with Crippen LogP contribution in [0, 0.1) is 5.82 Å². The van der Waals surface area contributed by atoms with Crippen molar-refractivity contribution in [2.45, 2.75) is 26.3 Å². The van der Waals surface area contributed by atoms with Gasteiger partial charge in [-0.1, -0.05) is 0 Å². The van der Waals surface area contributed by atoms with E-state index in [0.717, 1.165) is 6.07 Å². The molecular weight excluding hydrogens is 417 g/mol. The zero-order chi connectivity index (χ0) is 22.7. The van der Waals surface area contributed by atoms with E-state index < -0.39 is 11.8 Å². The Bertz CT molecular complexity index is 1230. The number of nitrogens with zero attached hydrogens (tertiary/aromatic N) is 6. The van der Waals surface area contributed by atoms with Crippen LogP contribution in [0.15, 0.2) is 49.3 Å². The molecule has 4 aromatic rings. The molecule has 0 spiro atoms. The van der Waals surface area contributed by atoms with Crippen LogP contribution in [-0.4, -0.2) is 41.0 Å². The van der Waals surface area contributed by atoms with Crippen molar-refractivity contribution in [1.82, 2.24) is 34.9 Å². The standard InChI is InChI=1S/C20H20FN9O2/c1-20(2,3)30-9-12(8-26-30)27-19(31)28-15-5-4-13(6-14(15)21)32-17-7-16(22-10-23-17)18-24-11-25-29-18/h4-11H,1-3H3,(H,24,25,29)(H2,27,28,31). The fourth-order valence-corrected chi connectivity index (χ4v) is 2.68. The van der Waals surface area contributed by atoms with E-state index in [2.05, 4.69) is 40.9 Å². The normalized spacial score (nSPS) is 11.2. The number of nitrogens with one attached hydrogen (secondary N) is 3. The van der Waals surface area contributed by atoms with Crippen LogP contribution >= 0.6 is 0 Å². The number of amides is 2. The van der Waals surface area contributed by atoms with E-state index in [4.69, 9.17) is 4.74 Å². The number of carbonyl (C=O) groups excluding carboxylic acids is 1. The highest BCUT2D eigenvalue weighted by Gasteiger charge is 2.15. The molecule has 1 aromatic carbocycles. The van der Waals surface area contributed by atoms with Crippen molar-refractivity contribution >= 4 is 17.4 Å². The maximum atomic E-state index is 14.5. The molecule has 164 valence electrons. The second-order valence-electron chi connectivity index (χ2n) is 7.75. The average Bonchev–Trinajstić information content (AvgIpc) is 3.42. The van der Waals surface area contributed by atoms with Crippen LogP contribution in [-0.2, 0) is 5.54 Å². The first kappa shape index (κ1) is 20.9. The number of ether oxygens (including phenoxy) is 1. The fraction of sp³-hybridized carbons (Fsp3) is 0.200. The van der Waals surface area contributed by atoms with Crippen LogP contribution in [0.5, 0.6) is 11.6 Å². The van der Waals surface area contributed by atoms with Crippen LogP contribution in [0.1, 0.15) is 20.8 Å². The molecule has 0 aliphatic rings. The molecule has 3 aromatic heterocycles. The lowest BCUT2D eigenvalue weighted by molar-refractivity contribution is 0.262. The number of carbonyl (C=O) groups is 1. The maximum absolute atomic E-state index is 14.5. The summed E-state index contributed by atoms with van der Waals surface area (Å²) in [6, 6.07) is 4.98. The molecule has 3 N–H and O–H groups in total. The van der Waals surface area contributed by atoms with E-state index in [-0.39, 0.29) is 22.9 Å². The van der Waals surface area contributed by atoms with E-state index in [1.54, 1.807) is 10.9 Å². The number of rotatable bonds is 5. The lowest BCUT2D eigenvalue weighted by Gasteiger charge is -2.18. The van der Waals surface area contributed by atoms with Crippen LogP contribution in [0.4, 0.5) is 20.6 Å². The number of urea groups is 1. The third-order valence-corrected chi connectivity index (χ3v) is 4.24. The Labute approximate surface area is 182 Å². The topological polar surface area (TPSA) is 136 Å². The largest absolute Gasteiger partial charge is 0.439 e. The van der Waals surface area contributed by atoms with Gasteiger partial charge >= 0.3 is 6.03 Å². The number of halogens is 1. The lowest BCUT2D eigenvalue weighted by Crippen LogP contribution is -2.22. The predicted molar refractivity (Wildman–Crippen MR) is 114 cm³/mol. The molecule has 4 rings (SSSR count). The van der Waals surface area contributed by atoms with Crippen LogP contribution in [0.25, 0.3) is 11.5 Å². The van der Waals surface area contributed by atoms with E-state index in [1.807, 2.05) is 20.8 Å². The Morgan fingerprint density at radius 3 is 2.72 bits per heavy atom. The third-order valence-electron chi connectivity index (χ3n) is 4.24. The number of aromatic amines is 1. The van der Waals surface area contributed by atoms with Crippen LogP contribution < -0.4 is 15.4 Å². The SMILES string of the molecule is CC(C)(C)n1cc(NC(=O)Nc2ccc(Oc3cc(-c4nnc[nH]4)ncn3)cc2F)cn1.